The maximum atomic E-state index is 6.00. The third kappa shape index (κ3) is 6.75. The summed E-state index contributed by atoms with van der Waals surface area (Å²) in [5.41, 5.74) is 2.68. The van der Waals surface area contributed by atoms with Crippen LogP contribution in [0.25, 0.3) is 0 Å². The van der Waals surface area contributed by atoms with Gasteiger partial charge in [0.1, 0.15) is 12.4 Å². The molecule has 1 aliphatic heterocycles. The zero-order valence-electron chi connectivity index (χ0n) is 17.9. The van der Waals surface area contributed by atoms with Gasteiger partial charge in [-0.3, -0.25) is 9.89 Å². The molecule has 0 atom stereocenters. The standard InChI is InChI=1S/C23H34N4OS/c1-18(2)21-6-4-5-7-22(21)28-14-11-25-23(24-3)26-20-8-12-27(13-9-20)16-19-10-15-29-17-19/h4-7,10,15,17-18,20H,8-9,11-14,16H2,1-3H3,(H2,24,25,26). The lowest BCUT2D eigenvalue weighted by molar-refractivity contribution is 0.198. The van der Waals surface area contributed by atoms with Crippen molar-refractivity contribution in [2.24, 2.45) is 4.99 Å². The van der Waals surface area contributed by atoms with Crippen molar-refractivity contribution in [3.05, 3.63) is 52.2 Å². The highest BCUT2D eigenvalue weighted by molar-refractivity contribution is 7.07. The predicted molar refractivity (Wildman–Crippen MR) is 123 cm³/mol. The van der Waals surface area contributed by atoms with Crippen LogP contribution in [0.4, 0.5) is 0 Å². The highest BCUT2D eigenvalue weighted by Gasteiger charge is 2.20. The average Bonchev–Trinajstić information content (AvgIpc) is 3.25. The Labute approximate surface area is 179 Å². The third-order valence-corrected chi connectivity index (χ3v) is 6.06. The first kappa shape index (κ1) is 21.7. The monoisotopic (exact) mass is 414 g/mol. The first-order valence-electron chi connectivity index (χ1n) is 10.6. The molecular weight excluding hydrogens is 380 g/mol. The van der Waals surface area contributed by atoms with Crippen LogP contribution in [0.1, 0.15) is 43.7 Å². The lowest BCUT2D eigenvalue weighted by atomic mass is 10.0. The fraction of sp³-hybridized carbons (Fsp3) is 0.522. The summed E-state index contributed by atoms with van der Waals surface area (Å²) in [6.45, 7) is 9.04. The molecule has 2 N–H and O–H groups in total. The molecule has 1 saturated heterocycles. The molecule has 1 aliphatic rings. The fourth-order valence-corrected chi connectivity index (χ4v) is 4.34. The van der Waals surface area contributed by atoms with Crippen LogP contribution in [0.2, 0.25) is 0 Å². The summed E-state index contributed by atoms with van der Waals surface area (Å²) in [5.74, 6) is 2.30. The van der Waals surface area contributed by atoms with Gasteiger partial charge in [-0.15, -0.1) is 0 Å². The van der Waals surface area contributed by atoms with E-state index in [0.717, 1.165) is 50.7 Å². The van der Waals surface area contributed by atoms with Crippen molar-refractivity contribution in [2.45, 2.75) is 45.2 Å². The van der Waals surface area contributed by atoms with Crippen LogP contribution < -0.4 is 15.4 Å². The molecule has 0 spiro atoms. The second-order valence-electron chi connectivity index (χ2n) is 7.87. The van der Waals surface area contributed by atoms with Gasteiger partial charge in [0.15, 0.2) is 5.96 Å². The molecule has 6 heteroatoms. The van der Waals surface area contributed by atoms with Crippen LogP contribution in [0.5, 0.6) is 5.75 Å². The van der Waals surface area contributed by atoms with E-state index in [1.54, 1.807) is 11.3 Å². The smallest absolute Gasteiger partial charge is 0.191 e. The molecule has 0 unspecified atom stereocenters. The number of para-hydroxylation sites is 1. The number of likely N-dealkylation sites (tertiary alicyclic amines) is 1. The second-order valence-corrected chi connectivity index (χ2v) is 8.65. The van der Waals surface area contributed by atoms with E-state index in [1.165, 1.54) is 11.1 Å². The van der Waals surface area contributed by atoms with Crippen LogP contribution in [0.15, 0.2) is 46.1 Å². The van der Waals surface area contributed by atoms with Crippen molar-refractivity contribution in [3.63, 3.8) is 0 Å². The Kier molecular flexibility index (Phi) is 8.38. The van der Waals surface area contributed by atoms with Crippen LogP contribution in [0, 0.1) is 0 Å². The van der Waals surface area contributed by atoms with E-state index < -0.39 is 0 Å². The zero-order valence-corrected chi connectivity index (χ0v) is 18.7. The minimum absolute atomic E-state index is 0.458. The van der Waals surface area contributed by atoms with Crippen molar-refractivity contribution >= 4 is 17.3 Å². The summed E-state index contributed by atoms with van der Waals surface area (Å²) in [6, 6.07) is 11.0. The zero-order chi connectivity index (χ0) is 20.5. The quantitative estimate of drug-likeness (QED) is 0.388. The first-order chi connectivity index (χ1) is 14.2. The number of benzene rings is 1. The largest absolute Gasteiger partial charge is 0.491 e. The van der Waals surface area contributed by atoms with Gasteiger partial charge < -0.3 is 15.4 Å². The summed E-state index contributed by atoms with van der Waals surface area (Å²) < 4.78 is 6.00. The van der Waals surface area contributed by atoms with Gasteiger partial charge in [-0.2, -0.15) is 11.3 Å². The van der Waals surface area contributed by atoms with Gasteiger partial charge in [-0.1, -0.05) is 32.0 Å². The molecule has 0 aliphatic carbocycles. The summed E-state index contributed by atoms with van der Waals surface area (Å²) in [7, 11) is 1.83. The highest BCUT2D eigenvalue weighted by Crippen LogP contribution is 2.25. The van der Waals surface area contributed by atoms with E-state index >= 15 is 0 Å². The minimum Gasteiger partial charge on any atom is -0.491 e. The molecule has 1 aromatic carbocycles. The number of ether oxygens (including phenoxy) is 1. The molecule has 0 amide bonds. The number of hydrogen-bond donors (Lipinski definition) is 2. The molecule has 0 saturated carbocycles. The van der Waals surface area contributed by atoms with E-state index in [4.69, 9.17) is 4.74 Å². The lowest BCUT2D eigenvalue weighted by Gasteiger charge is -2.32. The molecule has 5 nitrogen and oxygen atoms in total. The number of guanidine groups is 1. The van der Waals surface area contributed by atoms with E-state index in [1.807, 2.05) is 19.2 Å². The maximum absolute atomic E-state index is 6.00. The highest BCUT2D eigenvalue weighted by atomic mass is 32.1. The van der Waals surface area contributed by atoms with Crippen molar-refractivity contribution in [1.82, 2.24) is 15.5 Å². The topological polar surface area (TPSA) is 48.9 Å². The summed E-state index contributed by atoms with van der Waals surface area (Å²) in [6.07, 6.45) is 2.28. The molecule has 0 bridgehead atoms. The number of piperidine rings is 1. The van der Waals surface area contributed by atoms with Gasteiger partial charge in [0.2, 0.25) is 0 Å². The van der Waals surface area contributed by atoms with Gasteiger partial charge >= 0.3 is 0 Å². The third-order valence-electron chi connectivity index (χ3n) is 5.33. The van der Waals surface area contributed by atoms with Crippen molar-refractivity contribution in [2.75, 3.05) is 33.3 Å². The molecule has 1 fully saturated rings. The minimum atomic E-state index is 0.458. The Bertz CT molecular complexity index is 752. The fourth-order valence-electron chi connectivity index (χ4n) is 3.68. The predicted octanol–water partition coefficient (Wildman–Crippen LogP) is 4.08. The van der Waals surface area contributed by atoms with Crippen LogP contribution >= 0.6 is 11.3 Å². The molecule has 1 aromatic heterocycles. The van der Waals surface area contributed by atoms with Gasteiger partial charge in [-0.05, 0) is 52.8 Å². The van der Waals surface area contributed by atoms with E-state index in [2.05, 4.69) is 63.3 Å². The maximum Gasteiger partial charge on any atom is 0.191 e. The summed E-state index contributed by atoms with van der Waals surface area (Å²) in [4.78, 5) is 6.92. The number of nitrogens with zero attached hydrogens (tertiary/aromatic N) is 2. The second kappa shape index (κ2) is 11.2. The molecule has 29 heavy (non-hydrogen) atoms. The van der Waals surface area contributed by atoms with Crippen LogP contribution in [-0.4, -0.2) is 50.2 Å². The Morgan fingerprint density at radius 3 is 2.72 bits per heavy atom. The van der Waals surface area contributed by atoms with Gasteiger partial charge in [-0.25, -0.2) is 0 Å². The van der Waals surface area contributed by atoms with E-state index in [9.17, 15) is 0 Å². The van der Waals surface area contributed by atoms with Crippen LogP contribution in [0.3, 0.4) is 0 Å². The van der Waals surface area contributed by atoms with Crippen molar-refractivity contribution in [1.29, 1.82) is 0 Å². The number of thiophene rings is 1. The Morgan fingerprint density at radius 2 is 2.03 bits per heavy atom. The Balaban J connectivity index is 1.36. The van der Waals surface area contributed by atoms with E-state index in [0.29, 0.717) is 18.6 Å². The molecule has 2 aromatic rings. The molecule has 0 radical (unpaired) electrons. The lowest BCUT2D eigenvalue weighted by Crippen LogP contribution is -2.49. The molecular formula is C23H34N4OS. The molecule has 158 valence electrons. The number of hydrogen-bond acceptors (Lipinski definition) is 4. The number of aliphatic imine (C=N–C) groups is 1. The van der Waals surface area contributed by atoms with Gasteiger partial charge in [0.05, 0.1) is 6.54 Å². The normalized spacial score (nSPS) is 16.2. The number of nitrogens with one attached hydrogen (secondary N) is 2. The van der Waals surface area contributed by atoms with Crippen molar-refractivity contribution < 1.29 is 4.74 Å². The SMILES string of the molecule is CN=C(NCCOc1ccccc1C(C)C)NC1CCN(Cc2ccsc2)CC1. The summed E-state index contributed by atoms with van der Waals surface area (Å²) >= 11 is 1.78. The van der Waals surface area contributed by atoms with Crippen molar-refractivity contribution in [3.8, 4) is 5.75 Å². The Morgan fingerprint density at radius 1 is 1.24 bits per heavy atom. The van der Waals surface area contributed by atoms with Gasteiger partial charge in [0, 0.05) is 32.7 Å². The summed E-state index contributed by atoms with van der Waals surface area (Å²) in [5, 5.41) is 11.4. The van der Waals surface area contributed by atoms with Gasteiger partial charge in [0.25, 0.3) is 0 Å². The van der Waals surface area contributed by atoms with Crippen LogP contribution in [-0.2, 0) is 6.54 Å². The molecule has 2 heterocycles. The average molecular weight is 415 g/mol. The Hall–Kier alpha value is -2.05. The van der Waals surface area contributed by atoms with E-state index in [-0.39, 0.29) is 0 Å². The first-order valence-corrected chi connectivity index (χ1v) is 11.5. The number of rotatable bonds is 8. The molecule has 3 rings (SSSR count).